The van der Waals surface area contributed by atoms with Crippen LogP contribution in [0.25, 0.3) is 0 Å². The van der Waals surface area contributed by atoms with Crippen molar-refractivity contribution in [3.63, 3.8) is 0 Å². The highest BCUT2D eigenvalue weighted by molar-refractivity contribution is 5.42. The van der Waals surface area contributed by atoms with Crippen molar-refractivity contribution in [1.29, 1.82) is 0 Å². The van der Waals surface area contributed by atoms with E-state index in [9.17, 15) is 4.39 Å². The highest BCUT2D eigenvalue weighted by Gasteiger charge is 2.00. The molecule has 0 aliphatic carbocycles. The molecular weight excluding hydrogens is 167 g/mol. The maximum atomic E-state index is 12.9. The first-order valence-electron chi connectivity index (χ1n) is 4.40. The van der Waals surface area contributed by atoms with Gasteiger partial charge in [-0.3, -0.25) is 4.98 Å². The van der Waals surface area contributed by atoms with Crippen LogP contribution < -0.4 is 4.90 Å². The van der Waals surface area contributed by atoms with Gasteiger partial charge in [0.15, 0.2) is 0 Å². The van der Waals surface area contributed by atoms with Crippen LogP contribution in [0.15, 0.2) is 12.3 Å². The Morgan fingerprint density at radius 1 is 1.31 bits per heavy atom. The second kappa shape index (κ2) is 5.51. The van der Waals surface area contributed by atoms with Crippen LogP contribution in [0.1, 0.15) is 19.5 Å². The monoisotopic (exact) mass is 184 g/mol. The van der Waals surface area contributed by atoms with Gasteiger partial charge in [0.2, 0.25) is 0 Å². The summed E-state index contributed by atoms with van der Waals surface area (Å²) in [6.07, 6.45) is 1.65. The fourth-order valence-corrected chi connectivity index (χ4v) is 0.741. The summed E-state index contributed by atoms with van der Waals surface area (Å²) in [6.45, 7) is 5.65. The normalized spacial score (nSPS) is 8.77. The third-order valence-corrected chi connectivity index (χ3v) is 1.53. The van der Waals surface area contributed by atoms with Gasteiger partial charge in [-0.25, -0.2) is 4.39 Å². The summed E-state index contributed by atoms with van der Waals surface area (Å²) in [7, 11) is 3.71. The number of aryl methyl sites for hydroxylation is 1. The number of hydrogen-bond acceptors (Lipinski definition) is 2. The molecule has 0 aliphatic rings. The fraction of sp³-hybridized carbons (Fsp3) is 0.500. The van der Waals surface area contributed by atoms with Crippen LogP contribution >= 0.6 is 0 Å². The van der Waals surface area contributed by atoms with E-state index >= 15 is 0 Å². The van der Waals surface area contributed by atoms with E-state index in [2.05, 4.69) is 4.98 Å². The van der Waals surface area contributed by atoms with E-state index in [1.807, 2.05) is 32.8 Å². The van der Waals surface area contributed by atoms with Crippen LogP contribution in [-0.4, -0.2) is 19.1 Å². The zero-order valence-electron chi connectivity index (χ0n) is 8.93. The Kier molecular flexibility index (Phi) is 5.04. The maximum absolute atomic E-state index is 12.9. The van der Waals surface area contributed by atoms with E-state index in [1.54, 1.807) is 13.1 Å². The van der Waals surface area contributed by atoms with Crippen molar-refractivity contribution >= 4 is 5.69 Å². The zero-order valence-corrected chi connectivity index (χ0v) is 8.93. The Labute approximate surface area is 79.4 Å². The first-order chi connectivity index (χ1) is 6.11. The van der Waals surface area contributed by atoms with Gasteiger partial charge < -0.3 is 4.90 Å². The number of anilines is 1. The van der Waals surface area contributed by atoms with Gasteiger partial charge in [0.25, 0.3) is 0 Å². The predicted molar refractivity (Wildman–Crippen MR) is 54.6 cm³/mol. The summed E-state index contributed by atoms with van der Waals surface area (Å²) < 4.78 is 12.9. The van der Waals surface area contributed by atoms with E-state index < -0.39 is 0 Å². The molecule has 0 bridgehead atoms. The molecule has 3 heteroatoms. The lowest BCUT2D eigenvalue weighted by Gasteiger charge is -2.11. The fourth-order valence-electron chi connectivity index (χ4n) is 0.741. The molecule has 74 valence electrons. The van der Waals surface area contributed by atoms with Crippen molar-refractivity contribution in [2.24, 2.45) is 0 Å². The number of pyridine rings is 1. The van der Waals surface area contributed by atoms with Gasteiger partial charge in [-0.15, -0.1) is 0 Å². The summed E-state index contributed by atoms with van der Waals surface area (Å²) in [4.78, 5) is 5.70. The Balaban J connectivity index is 0.000000671. The molecule has 0 atom stereocenters. The lowest BCUT2D eigenvalue weighted by Crippen LogP contribution is -2.09. The maximum Gasteiger partial charge on any atom is 0.146 e. The van der Waals surface area contributed by atoms with Gasteiger partial charge in [0.1, 0.15) is 5.82 Å². The molecule has 1 aromatic heterocycles. The molecule has 1 aromatic rings. The molecule has 0 aliphatic heterocycles. The third kappa shape index (κ3) is 3.40. The minimum Gasteiger partial charge on any atom is -0.376 e. The number of nitrogens with zero attached hydrogens (tertiary/aromatic N) is 2. The molecule has 0 N–H and O–H groups in total. The Bertz CT molecular complexity index is 259. The number of hydrogen-bond donors (Lipinski definition) is 0. The average Bonchev–Trinajstić information content (AvgIpc) is 2.13. The van der Waals surface area contributed by atoms with Crippen molar-refractivity contribution < 1.29 is 4.39 Å². The summed E-state index contributed by atoms with van der Waals surface area (Å²) in [5.74, 6) is -0.254. The topological polar surface area (TPSA) is 16.1 Å². The molecule has 1 heterocycles. The standard InChI is InChI=1S/C8H11FN2.C2H6/c1-6-8(9)4-7(5-10-6)11(2)3;1-2/h4-5H,1-3H3;1-2H3. The second-order valence-electron chi connectivity index (χ2n) is 2.66. The van der Waals surface area contributed by atoms with Crippen LogP contribution in [0.2, 0.25) is 0 Å². The van der Waals surface area contributed by atoms with Crippen molar-refractivity contribution in [2.75, 3.05) is 19.0 Å². The molecule has 0 radical (unpaired) electrons. The van der Waals surface area contributed by atoms with Crippen LogP contribution in [0.3, 0.4) is 0 Å². The molecule has 0 saturated heterocycles. The highest BCUT2D eigenvalue weighted by Crippen LogP contribution is 2.12. The smallest absolute Gasteiger partial charge is 0.146 e. The first-order valence-corrected chi connectivity index (χ1v) is 4.40. The van der Waals surface area contributed by atoms with Crippen molar-refractivity contribution in [1.82, 2.24) is 4.98 Å². The first kappa shape index (κ1) is 11.9. The zero-order chi connectivity index (χ0) is 10.4. The van der Waals surface area contributed by atoms with Crippen LogP contribution in [-0.2, 0) is 0 Å². The van der Waals surface area contributed by atoms with E-state index in [1.165, 1.54) is 6.07 Å². The Morgan fingerprint density at radius 2 is 1.85 bits per heavy atom. The Morgan fingerprint density at radius 3 is 2.23 bits per heavy atom. The van der Waals surface area contributed by atoms with Gasteiger partial charge >= 0.3 is 0 Å². The lowest BCUT2D eigenvalue weighted by atomic mass is 10.3. The van der Waals surface area contributed by atoms with Crippen LogP contribution in [0, 0.1) is 12.7 Å². The van der Waals surface area contributed by atoms with Gasteiger partial charge in [-0.05, 0) is 6.92 Å². The van der Waals surface area contributed by atoms with E-state index in [4.69, 9.17) is 0 Å². The van der Waals surface area contributed by atoms with Gasteiger partial charge in [0.05, 0.1) is 17.6 Å². The SMILES string of the molecule is CC.Cc1ncc(N(C)C)cc1F. The molecule has 0 unspecified atom stereocenters. The summed E-state index contributed by atoms with van der Waals surface area (Å²) >= 11 is 0. The van der Waals surface area contributed by atoms with Gasteiger partial charge in [0, 0.05) is 20.2 Å². The van der Waals surface area contributed by atoms with Crippen LogP contribution in [0.5, 0.6) is 0 Å². The lowest BCUT2D eigenvalue weighted by molar-refractivity contribution is 0.609. The molecule has 0 fully saturated rings. The highest BCUT2D eigenvalue weighted by atomic mass is 19.1. The van der Waals surface area contributed by atoms with E-state index in [0.29, 0.717) is 5.69 Å². The minimum absolute atomic E-state index is 0.254. The second-order valence-corrected chi connectivity index (χ2v) is 2.66. The molecule has 13 heavy (non-hydrogen) atoms. The molecular formula is C10H17FN2. The van der Waals surface area contributed by atoms with Crippen LogP contribution in [0.4, 0.5) is 10.1 Å². The minimum atomic E-state index is -0.254. The summed E-state index contributed by atoms with van der Waals surface area (Å²) in [6, 6.07) is 1.47. The predicted octanol–water partition coefficient (Wildman–Crippen LogP) is 2.62. The van der Waals surface area contributed by atoms with Gasteiger partial charge in [-0.2, -0.15) is 0 Å². The summed E-state index contributed by atoms with van der Waals surface area (Å²) in [5.41, 5.74) is 1.23. The Hall–Kier alpha value is -1.12. The van der Waals surface area contributed by atoms with Gasteiger partial charge in [-0.1, -0.05) is 13.8 Å². The van der Waals surface area contributed by atoms with Crippen molar-refractivity contribution in [3.8, 4) is 0 Å². The van der Waals surface area contributed by atoms with E-state index in [-0.39, 0.29) is 5.82 Å². The quantitative estimate of drug-likeness (QED) is 0.667. The molecule has 0 saturated carbocycles. The molecule has 0 amide bonds. The van der Waals surface area contributed by atoms with Crippen molar-refractivity contribution in [2.45, 2.75) is 20.8 Å². The number of aromatic nitrogens is 1. The van der Waals surface area contributed by atoms with E-state index in [0.717, 1.165) is 5.69 Å². The number of halogens is 1. The number of rotatable bonds is 1. The molecule has 0 aromatic carbocycles. The summed E-state index contributed by atoms with van der Waals surface area (Å²) in [5, 5.41) is 0. The largest absolute Gasteiger partial charge is 0.376 e. The molecule has 0 spiro atoms. The van der Waals surface area contributed by atoms with Crippen molar-refractivity contribution in [3.05, 3.63) is 23.8 Å². The molecule has 1 rings (SSSR count). The molecule has 2 nitrogen and oxygen atoms in total. The average molecular weight is 184 g/mol. The third-order valence-electron chi connectivity index (χ3n) is 1.53.